The Morgan fingerprint density at radius 3 is 2.42 bits per heavy atom. The van der Waals surface area contributed by atoms with Crippen molar-refractivity contribution in [1.82, 2.24) is 5.32 Å². The molecule has 0 aliphatic heterocycles. The van der Waals surface area contributed by atoms with E-state index in [9.17, 15) is 0 Å². The van der Waals surface area contributed by atoms with Crippen molar-refractivity contribution < 1.29 is 4.74 Å². The SMILES string of the molecule is CCC(C)(CNCCOC)Cc1c(Cl)cccc1Cl. The van der Waals surface area contributed by atoms with Gasteiger partial charge in [0, 0.05) is 30.2 Å². The highest BCUT2D eigenvalue weighted by Gasteiger charge is 2.24. The highest BCUT2D eigenvalue weighted by Crippen LogP contribution is 2.33. The van der Waals surface area contributed by atoms with Crippen LogP contribution in [0.2, 0.25) is 10.0 Å². The molecule has 1 aromatic rings. The van der Waals surface area contributed by atoms with Gasteiger partial charge in [-0.15, -0.1) is 0 Å². The van der Waals surface area contributed by atoms with E-state index in [-0.39, 0.29) is 5.41 Å². The molecule has 0 aromatic heterocycles. The number of hydrogen-bond donors (Lipinski definition) is 1. The largest absolute Gasteiger partial charge is 0.383 e. The van der Waals surface area contributed by atoms with Crippen molar-refractivity contribution in [3.05, 3.63) is 33.8 Å². The first kappa shape index (κ1) is 16.8. The van der Waals surface area contributed by atoms with Crippen LogP contribution in [0, 0.1) is 5.41 Å². The van der Waals surface area contributed by atoms with Crippen molar-refractivity contribution in [1.29, 1.82) is 0 Å². The number of halogens is 2. The van der Waals surface area contributed by atoms with Crippen LogP contribution >= 0.6 is 23.2 Å². The molecule has 1 atom stereocenters. The number of benzene rings is 1. The fourth-order valence-corrected chi connectivity index (χ4v) is 2.54. The van der Waals surface area contributed by atoms with Gasteiger partial charge in [0.15, 0.2) is 0 Å². The van der Waals surface area contributed by atoms with E-state index in [1.165, 1.54) is 0 Å². The third kappa shape index (κ3) is 5.31. The molecule has 0 radical (unpaired) electrons. The summed E-state index contributed by atoms with van der Waals surface area (Å²) in [6.07, 6.45) is 1.94. The van der Waals surface area contributed by atoms with Gasteiger partial charge in [0.05, 0.1) is 6.61 Å². The zero-order chi connectivity index (χ0) is 14.3. The molecule has 0 spiro atoms. The summed E-state index contributed by atoms with van der Waals surface area (Å²) >= 11 is 12.5. The summed E-state index contributed by atoms with van der Waals surface area (Å²) in [5.41, 5.74) is 1.19. The van der Waals surface area contributed by atoms with E-state index in [0.717, 1.165) is 48.1 Å². The van der Waals surface area contributed by atoms with Crippen molar-refractivity contribution in [3.8, 4) is 0 Å². The molecule has 0 saturated heterocycles. The molecule has 0 bridgehead atoms. The molecule has 19 heavy (non-hydrogen) atoms. The van der Waals surface area contributed by atoms with Gasteiger partial charge >= 0.3 is 0 Å². The number of ether oxygens (including phenoxy) is 1. The van der Waals surface area contributed by atoms with E-state index in [4.69, 9.17) is 27.9 Å². The van der Waals surface area contributed by atoms with Gasteiger partial charge in [-0.3, -0.25) is 0 Å². The van der Waals surface area contributed by atoms with Gasteiger partial charge in [0.25, 0.3) is 0 Å². The predicted molar refractivity (Wildman–Crippen MR) is 83.3 cm³/mol. The van der Waals surface area contributed by atoms with E-state index >= 15 is 0 Å². The first-order valence-corrected chi connectivity index (χ1v) is 7.40. The molecular formula is C15H23Cl2NO. The van der Waals surface area contributed by atoms with Crippen molar-refractivity contribution >= 4 is 23.2 Å². The first-order valence-electron chi connectivity index (χ1n) is 6.65. The van der Waals surface area contributed by atoms with Crippen LogP contribution in [-0.4, -0.2) is 26.8 Å². The van der Waals surface area contributed by atoms with Crippen LogP contribution in [0.5, 0.6) is 0 Å². The molecule has 1 unspecified atom stereocenters. The second-order valence-corrected chi connectivity index (χ2v) is 6.03. The molecule has 0 saturated carbocycles. The lowest BCUT2D eigenvalue weighted by atomic mass is 9.81. The van der Waals surface area contributed by atoms with Gasteiger partial charge in [-0.05, 0) is 36.0 Å². The fraction of sp³-hybridized carbons (Fsp3) is 0.600. The van der Waals surface area contributed by atoms with Gasteiger partial charge < -0.3 is 10.1 Å². The molecule has 1 rings (SSSR count). The number of hydrogen-bond acceptors (Lipinski definition) is 2. The normalized spacial score (nSPS) is 14.4. The molecule has 0 amide bonds. The molecule has 2 nitrogen and oxygen atoms in total. The van der Waals surface area contributed by atoms with E-state index in [0.29, 0.717) is 0 Å². The average Bonchev–Trinajstić information content (AvgIpc) is 2.39. The number of methoxy groups -OCH3 is 1. The second kappa shape index (κ2) is 8.11. The van der Waals surface area contributed by atoms with Gasteiger partial charge in [0.2, 0.25) is 0 Å². The van der Waals surface area contributed by atoms with Crippen molar-refractivity contribution in [2.45, 2.75) is 26.7 Å². The van der Waals surface area contributed by atoms with Crippen LogP contribution in [0.1, 0.15) is 25.8 Å². The Balaban J connectivity index is 2.69. The predicted octanol–water partition coefficient (Wildman–Crippen LogP) is 4.19. The molecule has 4 heteroatoms. The van der Waals surface area contributed by atoms with Crippen molar-refractivity contribution in [3.63, 3.8) is 0 Å². The maximum Gasteiger partial charge on any atom is 0.0587 e. The minimum absolute atomic E-state index is 0.141. The molecule has 0 aliphatic rings. The molecule has 0 aliphatic carbocycles. The quantitative estimate of drug-likeness (QED) is 0.727. The van der Waals surface area contributed by atoms with Crippen molar-refractivity contribution in [2.24, 2.45) is 5.41 Å². The van der Waals surface area contributed by atoms with E-state index < -0.39 is 0 Å². The first-order chi connectivity index (χ1) is 9.02. The summed E-state index contributed by atoms with van der Waals surface area (Å²) in [4.78, 5) is 0. The summed E-state index contributed by atoms with van der Waals surface area (Å²) in [6, 6.07) is 5.68. The molecule has 0 fully saturated rings. The lowest BCUT2D eigenvalue weighted by Crippen LogP contribution is -2.35. The summed E-state index contributed by atoms with van der Waals surface area (Å²) in [5, 5.41) is 4.93. The maximum absolute atomic E-state index is 6.25. The van der Waals surface area contributed by atoms with Crippen LogP contribution in [0.15, 0.2) is 18.2 Å². The van der Waals surface area contributed by atoms with E-state index in [1.807, 2.05) is 18.2 Å². The number of nitrogens with one attached hydrogen (secondary N) is 1. The monoisotopic (exact) mass is 303 g/mol. The second-order valence-electron chi connectivity index (χ2n) is 5.21. The van der Waals surface area contributed by atoms with Gasteiger partial charge in [-0.2, -0.15) is 0 Å². The maximum atomic E-state index is 6.25. The lowest BCUT2D eigenvalue weighted by Gasteiger charge is -2.29. The van der Waals surface area contributed by atoms with Crippen LogP contribution < -0.4 is 5.32 Å². The molecular weight excluding hydrogens is 281 g/mol. The van der Waals surface area contributed by atoms with Crippen LogP contribution in [-0.2, 0) is 11.2 Å². The summed E-state index contributed by atoms with van der Waals surface area (Å²) < 4.78 is 5.04. The number of rotatable bonds is 8. The highest BCUT2D eigenvalue weighted by molar-refractivity contribution is 6.36. The summed E-state index contributed by atoms with van der Waals surface area (Å²) in [6.45, 7) is 6.97. The third-order valence-electron chi connectivity index (χ3n) is 3.55. The Bertz CT molecular complexity index is 377. The summed E-state index contributed by atoms with van der Waals surface area (Å²) in [7, 11) is 1.71. The molecule has 0 heterocycles. The Kier molecular flexibility index (Phi) is 7.16. The van der Waals surface area contributed by atoms with Gasteiger partial charge in [-0.1, -0.05) is 43.1 Å². The Labute approximate surface area is 126 Å². The minimum atomic E-state index is 0.141. The topological polar surface area (TPSA) is 21.3 Å². The average molecular weight is 304 g/mol. The highest BCUT2D eigenvalue weighted by atomic mass is 35.5. The Morgan fingerprint density at radius 2 is 1.89 bits per heavy atom. The third-order valence-corrected chi connectivity index (χ3v) is 4.26. The molecule has 1 N–H and O–H groups in total. The van der Waals surface area contributed by atoms with Crippen LogP contribution in [0.3, 0.4) is 0 Å². The van der Waals surface area contributed by atoms with E-state index in [2.05, 4.69) is 19.2 Å². The fourth-order valence-electron chi connectivity index (χ4n) is 2.00. The van der Waals surface area contributed by atoms with Gasteiger partial charge in [-0.25, -0.2) is 0 Å². The lowest BCUT2D eigenvalue weighted by molar-refractivity contribution is 0.191. The molecule has 108 valence electrons. The Hall–Kier alpha value is -0.280. The zero-order valence-electron chi connectivity index (χ0n) is 11.9. The summed E-state index contributed by atoms with van der Waals surface area (Å²) in [5.74, 6) is 0. The minimum Gasteiger partial charge on any atom is -0.383 e. The van der Waals surface area contributed by atoms with Gasteiger partial charge in [0.1, 0.15) is 0 Å². The van der Waals surface area contributed by atoms with Crippen LogP contribution in [0.25, 0.3) is 0 Å². The van der Waals surface area contributed by atoms with Crippen LogP contribution in [0.4, 0.5) is 0 Å². The van der Waals surface area contributed by atoms with E-state index in [1.54, 1.807) is 7.11 Å². The smallest absolute Gasteiger partial charge is 0.0587 e. The zero-order valence-corrected chi connectivity index (χ0v) is 13.4. The standard InChI is InChI=1S/C15H23Cl2NO/c1-4-15(2,11-18-8-9-19-3)10-12-13(16)6-5-7-14(12)17/h5-7,18H,4,8-11H2,1-3H3. The Morgan fingerprint density at radius 1 is 1.26 bits per heavy atom. The van der Waals surface area contributed by atoms with Crippen molar-refractivity contribution in [2.75, 3.05) is 26.8 Å². The molecule has 1 aromatic carbocycles.